The number of anilines is 2. The summed E-state index contributed by atoms with van der Waals surface area (Å²) in [5.41, 5.74) is 2.66. The molecule has 6 heteroatoms. The van der Waals surface area contributed by atoms with Gasteiger partial charge in [-0.1, -0.05) is 42.5 Å². The highest BCUT2D eigenvalue weighted by Gasteiger charge is 2.30. The number of likely N-dealkylation sites (tertiary alicyclic amines) is 1. The molecule has 0 bridgehead atoms. The lowest BCUT2D eigenvalue weighted by molar-refractivity contribution is 0.344. The Kier molecular flexibility index (Phi) is 5.36. The van der Waals surface area contributed by atoms with E-state index in [0.29, 0.717) is 6.54 Å². The molecule has 0 N–H and O–H groups in total. The van der Waals surface area contributed by atoms with Crippen LogP contribution in [0.4, 0.5) is 11.4 Å². The van der Waals surface area contributed by atoms with Crippen molar-refractivity contribution < 1.29 is 8.42 Å². The predicted octanol–water partition coefficient (Wildman–Crippen LogP) is 2.94. The molecule has 0 radical (unpaired) electrons. The van der Waals surface area contributed by atoms with Crippen LogP contribution in [0.15, 0.2) is 54.6 Å². The van der Waals surface area contributed by atoms with Crippen LogP contribution >= 0.6 is 0 Å². The fourth-order valence-electron chi connectivity index (χ4n) is 4.05. The predicted molar refractivity (Wildman–Crippen MR) is 111 cm³/mol. The van der Waals surface area contributed by atoms with Crippen molar-refractivity contribution in [2.75, 3.05) is 48.5 Å². The standard InChI is InChI=1S/C21H27N3O2S/c25-27(26,18-19-8-2-1-3-9-19)24-17-16-23(15-14-22-12-6-7-13-22)20-10-4-5-11-21(20)24/h1-5,8-11H,6-7,12-18H2. The Hall–Kier alpha value is -2.05. The average Bonchev–Trinajstić information content (AvgIpc) is 3.20. The lowest BCUT2D eigenvalue weighted by Gasteiger charge is -2.38. The van der Waals surface area contributed by atoms with Crippen LogP contribution < -0.4 is 9.21 Å². The van der Waals surface area contributed by atoms with Gasteiger partial charge in [0.25, 0.3) is 0 Å². The van der Waals surface area contributed by atoms with Gasteiger partial charge in [-0.05, 0) is 43.6 Å². The average molecular weight is 386 g/mol. The summed E-state index contributed by atoms with van der Waals surface area (Å²) in [6.45, 7) is 5.61. The molecule has 0 atom stereocenters. The van der Waals surface area contributed by atoms with E-state index >= 15 is 0 Å². The van der Waals surface area contributed by atoms with E-state index in [-0.39, 0.29) is 5.75 Å². The number of sulfonamides is 1. The monoisotopic (exact) mass is 385 g/mol. The smallest absolute Gasteiger partial charge is 0.239 e. The minimum absolute atomic E-state index is 0.0377. The summed E-state index contributed by atoms with van der Waals surface area (Å²) < 4.78 is 27.8. The number of hydrogen-bond donors (Lipinski definition) is 0. The summed E-state index contributed by atoms with van der Waals surface area (Å²) in [5, 5.41) is 0. The van der Waals surface area contributed by atoms with Gasteiger partial charge in [0, 0.05) is 19.6 Å². The second kappa shape index (κ2) is 7.90. The molecule has 5 nitrogen and oxygen atoms in total. The maximum atomic E-state index is 13.1. The van der Waals surface area contributed by atoms with Crippen molar-refractivity contribution in [1.82, 2.24) is 4.90 Å². The van der Waals surface area contributed by atoms with Crippen LogP contribution in [0.3, 0.4) is 0 Å². The Morgan fingerprint density at radius 2 is 1.41 bits per heavy atom. The summed E-state index contributed by atoms with van der Waals surface area (Å²) in [6, 6.07) is 17.3. The number of nitrogens with zero attached hydrogens (tertiary/aromatic N) is 3. The third kappa shape index (κ3) is 4.12. The molecule has 144 valence electrons. The molecule has 2 aromatic rings. The van der Waals surface area contributed by atoms with E-state index in [4.69, 9.17) is 0 Å². The third-order valence-electron chi connectivity index (χ3n) is 5.48. The van der Waals surface area contributed by atoms with Crippen LogP contribution in [-0.4, -0.2) is 52.6 Å². The third-order valence-corrected chi connectivity index (χ3v) is 7.23. The molecule has 0 aromatic heterocycles. The zero-order chi connectivity index (χ0) is 18.7. The molecule has 27 heavy (non-hydrogen) atoms. The van der Waals surface area contributed by atoms with Gasteiger partial charge in [0.1, 0.15) is 0 Å². The number of benzene rings is 2. The second-order valence-corrected chi connectivity index (χ2v) is 9.23. The summed E-state index contributed by atoms with van der Waals surface area (Å²) in [6.07, 6.45) is 2.59. The van der Waals surface area contributed by atoms with Crippen LogP contribution in [0.2, 0.25) is 0 Å². The quantitative estimate of drug-likeness (QED) is 0.767. The Bertz CT molecular complexity index is 864. The summed E-state index contributed by atoms with van der Waals surface area (Å²) in [7, 11) is -3.41. The molecule has 0 unspecified atom stereocenters. The zero-order valence-electron chi connectivity index (χ0n) is 15.6. The van der Waals surface area contributed by atoms with Gasteiger partial charge >= 0.3 is 0 Å². The van der Waals surface area contributed by atoms with Gasteiger partial charge in [0.2, 0.25) is 10.0 Å². The summed E-state index contributed by atoms with van der Waals surface area (Å²) in [4.78, 5) is 4.84. The molecule has 0 amide bonds. The number of fused-ring (bicyclic) bond motifs is 1. The van der Waals surface area contributed by atoms with Crippen molar-refractivity contribution >= 4 is 21.4 Å². The first kappa shape index (κ1) is 18.3. The van der Waals surface area contributed by atoms with Crippen LogP contribution in [0.1, 0.15) is 18.4 Å². The molecule has 4 rings (SSSR count). The minimum Gasteiger partial charge on any atom is -0.367 e. The van der Waals surface area contributed by atoms with Crippen molar-refractivity contribution in [3.05, 3.63) is 60.2 Å². The first-order chi connectivity index (χ1) is 13.1. The highest BCUT2D eigenvalue weighted by Crippen LogP contribution is 2.35. The van der Waals surface area contributed by atoms with E-state index in [1.807, 2.05) is 54.6 Å². The Morgan fingerprint density at radius 1 is 0.741 bits per heavy atom. The maximum absolute atomic E-state index is 13.1. The van der Waals surface area contributed by atoms with Crippen molar-refractivity contribution in [2.45, 2.75) is 18.6 Å². The first-order valence-electron chi connectivity index (χ1n) is 9.74. The van der Waals surface area contributed by atoms with E-state index in [1.165, 1.54) is 25.9 Å². The van der Waals surface area contributed by atoms with Crippen LogP contribution in [0, 0.1) is 0 Å². The van der Waals surface area contributed by atoms with Crippen LogP contribution in [0.25, 0.3) is 0 Å². The molecule has 1 fully saturated rings. The van der Waals surface area contributed by atoms with E-state index in [2.05, 4.69) is 9.80 Å². The number of rotatable bonds is 6. The van der Waals surface area contributed by atoms with Gasteiger partial charge in [-0.2, -0.15) is 0 Å². The molecule has 2 aromatic carbocycles. The van der Waals surface area contributed by atoms with Gasteiger partial charge in [0.15, 0.2) is 0 Å². The first-order valence-corrected chi connectivity index (χ1v) is 11.3. The maximum Gasteiger partial charge on any atom is 0.239 e. The highest BCUT2D eigenvalue weighted by molar-refractivity contribution is 7.92. The van der Waals surface area contributed by atoms with Gasteiger partial charge in [-0.25, -0.2) is 8.42 Å². The van der Waals surface area contributed by atoms with Gasteiger partial charge in [0.05, 0.1) is 23.7 Å². The van der Waals surface area contributed by atoms with Gasteiger partial charge in [-0.15, -0.1) is 0 Å². The Labute approximate surface area is 162 Å². The molecular weight excluding hydrogens is 358 g/mol. The van der Waals surface area contributed by atoms with E-state index in [0.717, 1.165) is 36.6 Å². The van der Waals surface area contributed by atoms with E-state index < -0.39 is 10.0 Å². The summed E-state index contributed by atoms with van der Waals surface area (Å²) in [5.74, 6) is 0.0377. The highest BCUT2D eigenvalue weighted by atomic mass is 32.2. The normalized spacial score (nSPS) is 17.9. The molecule has 2 aliphatic heterocycles. The SMILES string of the molecule is O=S(=O)(Cc1ccccc1)N1CCN(CCN2CCCC2)c2ccccc21. The van der Waals surface area contributed by atoms with Crippen molar-refractivity contribution in [3.8, 4) is 0 Å². The Balaban J connectivity index is 1.53. The lowest BCUT2D eigenvalue weighted by atomic mass is 10.2. The van der Waals surface area contributed by atoms with Crippen molar-refractivity contribution in [3.63, 3.8) is 0 Å². The molecular formula is C21H27N3O2S. The van der Waals surface area contributed by atoms with Crippen LogP contribution in [0.5, 0.6) is 0 Å². The lowest BCUT2D eigenvalue weighted by Crippen LogP contribution is -2.46. The van der Waals surface area contributed by atoms with E-state index in [1.54, 1.807) is 4.31 Å². The van der Waals surface area contributed by atoms with Gasteiger partial charge < -0.3 is 9.80 Å². The van der Waals surface area contributed by atoms with Crippen molar-refractivity contribution in [1.29, 1.82) is 0 Å². The molecule has 2 heterocycles. The summed E-state index contributed by atoms with van der Waals surface area (Å²) >= 11 is 0. The van der Waals surface area contributed by atoms with Crippen molar-refractivity contribution in [2.24, 2.45) is 0 Å². The molecule has 0 saturated carbocycles. The number of hydrogen-bond acceptors (Lipinski definition) is 4. The largest absolute Gasteiger partial charge is 0.367 e. The van der Waals surface area contributed by atoms with Crippen LogP contribution in [-0.2, 0) is 15.8 Å². The Morgan fingerprint density at radius 3 is 2.15 bits per heavy atom. The van der Waals surface area contributed by atoms with Gasteiger partial charge in [-0.3, -0.25) is 4.31 Å². The zero-order valence-corrected chi connectivity index (χ0v) is 16.4. The molecule has 2 aliphatic rings. The van der Waals surface area contributed by atoms with E-state index in [9.17, 15) is 8.42 Å². The number of para-hydroxylation sites is 2. The minimum atomic E-state index is -3.41. The molecule has 0 spiro atoms. The topological polar surface area (TPSA) is 43.9 Å². The second-order valence-electron chi connectivity index (χ2n) is 7.34. The molecule has 1 saturated heterocycles. The molecule has 0 aliphatic carbocycles. The fraction of sp³-hybridized carbons (Fsp3) is 0.429. The fourth-order valence-corrected chi connectivity index (χ4v) is 5.63.